The van der Waals surface area contributed by atoms with Crippen LogP contribution in [0.15, 0.2) is 0 Å². The zero-order valence-corrected chi connectivity index (χ0v) is 18.4. The molecule has 1 amide bonds. The van der Waals surface area contributed by atoms with Gasteiger partial charge in [-0.1, -0.05) is 13.8 Å². The van der Waals surface area contributed by atoms with Crippen molar-refractivity contribution in [1.29, 1.82) is 0 Å². The van der Waals surface area contributed by atoms with E-state index in [0.29, 0.717) is 0 Å². The van der Waals surface area contributed by atoms with Crippen LogP contribution in [0.2, 0.25) is 0 Å². The molecule has 0 radical (unpaired) electrons. The minimum Gasteiger partial charge on any atom is -0.340 e. The Kier molecular flexibility index (Phi) is 5.46. The first-order valence-corrected chi connectivity index (χ1v) is 10.8. The van der Waals surface area contributed by atoms with Crippen LogP contribution in [0.1, 0.15) is 61.3 Å². The average Bonchev–Trinajstić information content (AvgIpc) is 3.32. The molecule has 0 aliphatic carbocycles. The number of fused-ring (bicyclic) bond motifs is 1. The van der Waals surface area contributed by atoms with Gasteiger partial charge in [0.25, 0.3) is 0 Å². The van der Waals surface area contributed by atoms with Crippen molar-refractivity contribution >= 4 is 5.91 Å². The quantitative estimate of drug-likeness (QED) is 0.786. The van der Waals surface area contributed by atoms with E-state index in [1.54, 1.807) is 0 Å². The van der Waals surface area contributed by atoms with Crippen molar-refractivity contribution in [3.8, 4) is 0 Å². The predicted molar refractivity (Wildman–Crippen MR) is 110 cm³/mol. The Morgan fingerprint density at radius 3 is 2.62 bits per heavy atom. The number of carbonyl (C=O) groups excluding carboxylic acids is 1. The third kappa shape index (κ3) is 3.70. The van der Waals surface area contributed by atoms with Crippen LogP contribution in [0.5, 0.6) is 0 Å². The van der Waals surface area contributed by atoms with Crippen LogP contribution in [-0.2, 0) is 31.4 Å². The zero-order chi connectivity index (χ0) is 20.7. The largest absolute Gasteiger partial charge is 0.340 e. The highest BCUT2D eigenvalue weighted by Crippen LogP contribution is 2.34. The van der Waals surface area contributed by atoms with Gasteiger partial charge in [0.05, 0.1) is 11.7 Å². The van der Waals surface area contributed by atoms with E-state index in [1.165, 1.54) is 17.7 Å². The summed E-state index contributed by atoms with van der Waals surface area (Å²) in [6.45, 7) is 12.4. The summed E-state index contributed by atoms with van der Waals surface area (Å²) in [5, 5.41) is 13.7. The Balaban J connectivity index is 1.54. The number of hydrogen-bond acceptors (Lipinski definition) is 5. The summed E-state index contributed by atoms with van der Waals surface area (Å²) in [6, 6.07) is 0.280. The van der Waals surface area contributed by atoms with E-state index in [2.05, 4.69) is 38.6 Å². The molecule has 8 nitrogen and oxygen atoms in total. The molecule has 0 unspecified atom stereocenters. The molecular formula is C21H33N7O. The van der Waals surface area contributed by atoms with Crippen LogP contribution in [0, 0.1) is 19.8 Å². The van der Waals surface area contributed by atoms with Crippen LogP contribution < -0.4 is 0 Å². The van der Waals surface area contributed by atoms with Crippen molar-refractivity contribution < 1.29 is 4.79 Å². The van der Waals surface area contributed by atoms with Gasteiger partial charge in [-0.05, 0) is 33.2 Å². The first-order chi connectivity index (χ1) is 13.9. The number of aryl methyl sites for hydroxylation is 2. The maximum absolute atomic E-state index is 12.5. The van der Waals surface area contributed by atoms with E-state index in [1.807, 2.05) is 30.5 Å². The summed E-state index contributed by atoms with van der Waals surface area (Å²) < 4.78 is 4.25. The van der Waals surface area contributed by atoms with Gasteiger partial charge in [0.2, 0.25) is 5.91 Å². The lowest BCUT2D eigenvalue weighted by Crippen LogP contribution is -2.36. The van der Waals surface area contributed by atoms with Gasteiger partial charge in [-0.2, -0.15) is 5.10 Å². The molecule has 1 saturated heterocycles. The molecule has 2 aliphatic heterocycles. The second-order valence-electron chi connectivity index (χ2n) is 8.76. The SMILES string of the molecule is Cc1nn(C)c(C)c1CN1CCC[C@H]1c1nnc2n1CCN(C(=O)C(C)C)CC2. The van der Waals surface area contributed by atoms with Crippen molar-refractivity contribution in [1.82, 2.24) is 34.3 Å². The highest BCUT2D eigenvalue weighted by atomic mass is 16.2. The molecule has 0 spiro atoms. The minimum absolute atomic E-state index is 0.0364. The number of likely N-dealkylation sites (tertiary alicyclic amines) is 1. The molecule has 2 aromatic heterocycles. The number of amides is 1. The molecule has 2 aliphatic rings. The number of rotatable bonds is 4. The standard InChI is InChI=1S/C21H33N7O/c1-14(2)21(29)26-10-8-19-22-23-20(28(19)12-11-26)18-7-6-9-27(18)13-17-15(3)24-25(5)16(17)4/h14,18H,6-13H2,1-5H3/t18-/m0/s1. The van der Waals surface area contributed by atoms with E-state index in [9.17, 15) is 4.79 Å². The van der Waals surface area contributed by atoms with Gasteiger partial charge < -0.3 is 9.47 Å². The maximum Gasteiger partial charge on any atom is 0.225 e. The average molecular weight is 400 g/mol. The van der Waals surface area contributed by atoms with Crippen LogP contribution >= 0.6 is 0 Å². The first kappa shape index (κ1) is 20.1. The van der Waals surface area contributed by atoms with Crippen molar-refractivity contribution in [3.05, 3.63) is 28.6 Å². The van der Waals surface area contributed by atoms with Crippen molar-refractivity contribution in [2.45, 2.75) is 66.1 Å². The van der Waals surface area contributed by atoms with E-state index >= 15 is 0 Å². The zero-order valence-electron chi connectivity index (χ0n) is 18.4. The molecule has 29 heavy (non-hydrogen) atoms. The monoisotopic (exact) mass is 399 g/mol. The van der Waals surface area contributed by atoms with E-state index in [0.717, 1.165) is 62.9 Å². The lowest BCUT2D eigenvalue weighted by atomic mass is 10.1. The molecule has 2 aromatic rings. The summed E-state index contributed by atoms with van der Waals surface area (Å²) in [6.07, 6.45) is 3.05. The highest BCUT2D eigenvalue weighted by Gasteiger charge is 2.33. The van der Waals surface area contributed by atoms with Crippen molar-refractivity contribution in [3.63, 3.8) is 0 Å². The molecule has 0 N–H and O–H groups in total. The lowest BCUT2D eigenvalue weighted by Gasteiger charge is -2.25. The molecule has 8 heteroatoms. The van der Waals surface area contributed by atoms with E-state index in [-0.39, 0.29) is 17.9 Å². The van der Waals surface area contributed by atoms with Gasteiger partial charge in [0.1, 0.15) is 11.6 Å². The van der Waals surface area contributed by atoms with Gasteiger partial charge >= 0.3 is 0 Å². The normalized spacial score (nSPS) is 20.3. The number of hydrogen-bond donors (Lipinski definition) is 0. The highest BCUT2D eigenvalue weighted by molar-refractivity contribution is 5.78. The molecular weight excluding hydrogens is 366 g/mol. The van der Waals surface area contributed by atoms with Gasteiger partial charge in [0.15, 0.2) is 0 Å². The third-order valence-electron chi connectivity index (χ3n) is 6.54. The van der Waals surface area contributed by atoms with Crippen LogP contribution in [0.3, 0.4) is 0 Å². The van der Waals surface area contributed by atoms with Crippen LogP contribution in [-0.4, -0.2) is 59.9 Å². The Morgan fingerprint density at radius 2 is 1.93 bits per heavy atom. The smallest absolute Gasteiger partial charge is 0.225 e. The number of nitrogens with zero attached hydrogens (tertiary/aromatic N) is 7. The molecule has 4 rings (SSSR count). The summed E-state index contributed by atoms with van der Waals surface area (Å²) in [5.41, 5.74) is 3.67. The summed E-state index contributed by atoms with van der Waals surface area (Å²) >= 11 is 0. The van der Waals surface area contributed by atoms with Gasteiger partial charge in [-0.25, -0.2) is 0 Å². The Labute approximate surface area is 172 Å². The fourth-order valence-corrected chi connectivity index (χ4v) is 4.73. The summed E-state index contributed by atoms with van der Waals surface area (Å²) in [7, 11) is 2.01. The molecule has 4 heterocycles. The molecule has 0 saturated carbocycles. The van der Waals surface area contributed by atoms with Gasteiger partial charge in [-0.3, -0.25) is 14.4 Å². The number of carbonyl (C=O) groups is 1. The second-order valence-corrected chi connectivity index (χ2v) is 8.76. The van der Waals surface area contributed by atoms with E-state index < -0.39 is 0 Å². The molecule has 1 fully saturated rings. The first-order valence-electron chi connectivity index (χ1n) is 10.8. The van der Waals surface area contributed by atoms with Crippen LogP contribution in [0.25, 0.3) is 0 Å². The Bertz CT molecular complexity index is 897. The fourth-order valence-electron chi connectivity index (χ4n) is 4.73. The predicted octanol–water partition coefficient (Wildman–Crippen LogP) is 2.01. The van der Waals surface area contributed by atoms with Gasteiger partial charge in [-0.15, -0.1) is 10.2 Å². The van der Waals surface area contributed by atoms with E-state index in [4.69, 9.17) is 0 Å². The Hall–Kier alpha value is -2.22. The van der Waals surface area contributed by atoms with Gasteiger partial charge in [0, 0.05) is 56.8 Å². The fraction of sp³-hybridized carbons (Fsp3) is 0.714. The molecule has 0 bridgehead atoms. The van der Waals surface area contributed by atoms with Crippen molar-refractivity contribution in [2.75, 3.05) is 19.6 Å². The lowest BCUT2D eigenvalue weighted by molar-refractivity contribution is -0.134. The summed E-state index contributed by atoms with van der Waals surface area (Å²) in [5.74, 6) is 2.35. The summed E-state index contributed by atoms with van der Waals surface area (Å²) in [4.78, 5) is 17.0. The molecule has 1 atom stereocenters. The molecule has 158 valence electrons. The second kappa shape index (κ2) is 7.89. The van der Waals surface area contributed by atoms with Crippen LogP contribution in [0.4, 0.5) is 0 Å². The minimum atomic E-state index is 0.0364. The third-order valence-corrected chi connectivity index (χ3v) is 6.54. The number of aromatic nitrogens is 5. The Morgan fingerprint density at radius 1 is 1.14 bits per heavy atom. The maximum atomic E-state index is 12.5. The topological polar surface area (TPSA) is 72.1 Å². The van der Waals surface area contributed by atoms with Crippen molar-refractivity contribution in [2.24, 2.45) is 13.0 Å². The molecule has 0 aromatic carbocycles.